The Hall–Kier alpha value is -2.15. The summed E-state index contributed by atoms with van der Waals surface area (Å²) in [6.45, 7) is 3.53. The van der Waals surface area contributed by atoms with Gasteiger partial charge in [0.05, 0.1) is 6.61 Å². The first-order chi connectivity index (χ1) is 8.13. The average molecular weight is 231 g/mol. The summed E-state index contributed by atoms with van der Waals surface area (Å²) in [5.41, 5.74) is 0.843. The van der Waals surface area contributed by atoms with Gasteiger partial charge in [-0.1, -0.05) is 12.0 Å². The number of Topliss-reactive ketones (excluding diaryl/α,β-unsaturated/α-hetero) is 1. The summed E-state index contributed by atoms with van der Waals surface area (Å²) in [5.74, 6) is 4.90. The van der Waals surface area contributed by atoms with E-state index >= 15 is 0 Å². The van der Waals surface area contributed by atoms with Crippen LogP contribution in [0.15, 0.2) is 18.2 Å². The van der Waals surface area contributed by atoms with E-state index in [4.69, 9.17) is 4.74 Å². The van der Waals surface area contributed by atoms with E-state index in [1.54, 1.807) is 25.1 Å². The van der Waals surface area contributed by atoms with Gasteiger partial charge in [-0.2, -0.15) is 0 Å². The Morgan fingerprint density at radius 1 is 1.41 bits per heavy atom. The number of pyridine rings is 1. The largest absolute Gasteiger partial charge is 0.465 e. The highest BCUT2D eigenvalue weighted by Gasteiger charge is 2.00. The van der Waals surface area contributed by atoms with Crippen LogP contribution in [-0.2, 0) is 9.53 Å². The van der Waals surface area contributed by atoms with Gasteiger partial charge in [-0.25, -0.2) is 4.98 Å². The van der Waals surface area contributed by atoms with Gasteiger partial charge in [0.2, 0.25) is 0 Å². The van der Waals surface area contributed by atoms with E-state index in [2.05, 4.69) is 16.8 Å². The molecule has 88 valence electrons. The maximum atomic E-state index is 11.1. The highest BCUT2D eigenvalue weighted by Crippen LogP contribution is 1.99. The molecule has 1 aromatic rings. The Morgan fingerprint density at radius 2 is 2.18 bits per heavy atom. The third-order valence-electron chi connectivity index (χ3n) is 1.86. The normalized spacial score (nSPS) is 9.06. The van der Waals surface area contributed by atoms with Gasteiger partial charge in [-0.3, -0.25) is 9.59 Å². The molecule has 0 unspecified atom stereocenters. The van der Waals surface area contributed by atoms with Crippen LogP contribution in [0.1, 0.15) is 36.5 Å². The number of carbonyl (C=O) groups excluding carboxylic acids is 2. The van der Waals surface area contributed by atoms with Gasteiger partial charge < -0.3 is 4.74 Å². The summed E-state index contributed by atoms with van der Waals surface area (Å²) in [6, 6.07) is 5.02. The molecule has 0 radical (unpaired) electrons. The highest BCUT2D eigenvalue weighted by atomic mass is 16.5. The zero-order chi connectivity index (χ0) is 12.7. The van der Waals surface area contributed by atoms with E-state index < -0.39 is 0 Å². The van der Waals surface area contributed by atoms with Crippen LogP contribution < -0.4 is 0 Å². The molecule has 0 fully saturated rings. The molecule has 0 spiro atoms. The number of hydrogen-bond donors (Lipinski definition) is 0. The summed E-state index contributed by atoms with van der Waals surface area (Å²) in [7, 11) is 0. The standard InChI is InChI=1S/C13H13NO3/c1-3-17-13(16)9-5-7-11-6-4-8-12(14-11)10(2)15/h4,6,8H,3,9H2,1-2H3. The lowest BCUT2D eigenvalue weighted by molar-refractivity contribution is -0.141. The number of aromatic nitrogens is 1. The van der Waals surface area contributed by atoms with Crippen LogP contribution in [0.3, 0.4) is 0 Å². The molecule has 0 aliphatic rings. The van der Waals surface area contributed by atoms with Crippen molar-refractivity contribution < 1.29 is 14.3 Å². The van der Waals surface area contributed by atoms with Crippen molar-refractivity contribution in [3.05, 3.63) is 29.6 Å². The molecule has 4 heteroatoms. The van der Waals surface area contributed by atoms with Crippen molar-refractivity contribution in [3.63, 3.8) is 0 Å². The third-order valence-corrected chi connectivity index (χ3v) is 1.86. The quantitative estimate of drug-likeness (QED) is 0.450. The summed E-state index contributed by atoms with van der Waals surface area (Å²) < 4.78 is 4.73. The fourth-order valence-corrected chi connectivity index (χ4v) is 1.12. The van der Waals surface area contributed by atoms with Crippen LogP contribution >= 0.6 is 0 Å². The van der Waals surface area contributed by atoms with Gasteiger partial charge in [0.15, 0.2) is 5.78 Å². The van der Waals surface area contributed by atoms with Crippen molar-refractivity contribution in [3.8, 4) is 11.8 Å². The number of nitrogens with zero attached hydrogens (tertiary/aromatic N) is 1. The van der Waals surface area contributed by atoms with E-state index in [9.17, 15) is 9.59 Å². The molecule has 17 heavy (non-hydrogen) atoms. The minimum atomic E-state index is -0.359. The SMILES string of the molecule is CCOC(=O)CC#Cc1cccc(C(C)=O)n1. The van der Waals surface area contributed by atoms with Gasteiger partial charge in [0, 0.05) is 6.92 Å². The first-order valence-corrected chi connectivity index (χ1v) is 5.26. The molecule has 0 saturated carbocycles. The van der Waals surface area contributed by atoms with E-state index in [-0.39, 0.29) is 18.2 Å². The lowest BCUT2D eigenvalue weighted by Crippen LogP contribution is -2.02. The summed E-state index contributed by atoms with van der Waals surface area (Å²) >= 11 is 0. The molecular formula is C13H13NO3. The molecule has 0 aliphatic heterocycles. The number of rotatable bonds is 3. The van der Waals surface area contributed by atoms with E-state index in [1.807, 2.05) is 0 Å². The third kappa shape index (κ3) is 4.47. The first kappa shape index (κ1) is 12.9. The average Bonchev–Trinajstić information content (AvgIpc) is 2.30. The second kappa shape index (κ2) is 6.44. The van der Waals surface area contributed by atoms with E-state index in [1.165, 1.54) is 6.92 Å². The predicted octanol–water partition coefficient (Wildman–Crippen LogP) is 1.59. The molecule has 1 heterocycles. The fourth-order valence-electron chi connectivity index (χ4n) is 1.12. The molecule has 0 aromatic carbocycles. The van der Waals surface area contributed by atoms with Crippen LogP contribution in [-0.4, -0.2) is 23.3 Å². The summed E-state index contributed by atoms with van der Waals surface area (Å²) in [6.07, 6.45) is 0.0276. The molecule has 1 rings (SSSR count). The van der Waals surface area contributed by atoms with Crippen LogP contribution in [0.5, 0.6) is 0 Å². The predicted molar refractivity (Wildman–Crippen MR) is 62.4 cm³/mol. The van der Waals surface area contributed by atoms with Crippen molar-refractivity contribution >= 4 is 11.8 Å². The Balaban J connectivity index is 2.69. The van der Waals surface area contributed by atoms with Gasteiger partial charge in [0.1, 0.15) is 17.8 Å². The van der Waals surface area contributed by atoms with Crippen LogP contribution in [0, 0.1) is 11.8 Å². The smallest absolute Gasteiger partial charge is 0.317 e. The second-order valence-corrected chi connectivity index (χ2v) is 3.25. The Kier molecular flexibility index (Phi) is 4.89. The molecular weight excluding hydrogens is 218 g/mol. The fraction of sp³-hybridized carbons (Fsp3) is 0.308. The van der Waals surface area contributed by atoms with E-state index in [0.717, 1.165) is 0 Å². The van der Waals surface area contributed by atoms with Gasteiger partial charge in [-0.05, 0) is 25.0 Å². The number of hydrogen-bond acceptors (Lipinski definition) is 4. The minimum Gasteiger partial charge on any atom is -0.465 e. The van der Waals surface area contributed by atoms with Gasteiger partial charge in [0.25, 0.3) is 0 Å². The van der Waals surface area contributed by atoms with Crippen molar-refractivity contribution in [2.75, 3.05) is 6.61 Å². The van der Waals surface area contributed by atoms with Gasteiger partial charge in [-0.15, -0.1) is 0 Å². The number of carbonyl (C=O) groups is 2. The number of ether oxygens (including phenoxy) is 1. The van der Waals surface area contributed by atoms with Crippen molar-refractivity contribution in [1.82, 2.24) is 4.98 Å². The van der Waals surface area contributed by atoms with Crippen LogP contribution in [0.25, 0.3) is 0 Å². The maximum absolute atomic E-state index is 11.1. The molecule has 0 bridgehead atoms. The lowest BCUT2D eigenvalue weighted by Gasteiger charge is -1.96. The Bertz CT molecular complexity index is 483. The molecule has 0 N–H and O–H groups in total. The highest BCUT2D eigenvalue weighted by molar-refractivity contribution is 5.92. The van der Waals surface area contributed by atoms with Crippen LogP contribution in [0.4, 0.5) is 0 Å². The molecule has 4 nitrogen and oxygen atoms in total. The molecule has 0 amide bonds. The monoisotopic (exact) mass is 231 g/mol. The number of ketones is 1. The van der Waals surface area contributed by atoms with E-state index in [0.29, 0.717) is 18.0 Å². The molecule has 0 atom stereocenters. The van der Waals surface area contributed by atoms with Crippen molar-refractivity contribution in [1.29, 1.82) is 0 Å². The minimum absolute atomic E-state index is 0.0276. The van der Waals surface area contributed by atoms with Crippen molar-refractivity contribution in [2.45, 2.75) is 20.3 Å². The van der Waals surface area contributed by atoms with Crippen molar-refractivity contribution in [2.24, 2.45) is 0 Å². The summed E-state index contributed by atoms with van der Waals surface area (Å²) in [4.78, 5) is 26.1. The topological polar surface area (TPSA) is 56.3 Å². The first-order valence-electron chi connectivity index (χ1n) is 5.26. The Morgan fingerprint density at radius 3 is 2.82 bits per heavy atom. The zero-order valence-corrected chi connectivity index (χ0v) is 9.82. The lowest BCUT2D eigenvalue weighted by atomic mass is 10.2. The molecule has 0 saturated heterocycles. The van der Waals surface area contributed by atoms with Crippen LogP contribution in [0.2, 0.25) is 0 Å². The molecule has 0 aliphatic carbocycles. The second-order valence-electron chi connectivity index (χ2n) is 3.25. The van der Waals surface area contributed by atoms with Gasteiger partial charge >= 0.3 is 5.97 Å². The Labute approximate surface area is 100 Å². The number of esters is 1. The maximum Gasteiger partial charge on any atom is 0.317 e. The summed E-state index contributed by atoms with van der Waals surface area (Å²) in [5, 5.41) is 0. The molecule has 1 aromatic heterocycles. The zero-order valence-electron chi connectivity index (χ0n) is 9.82.